The van der Waals surface area contributed by atoms with Gasteiger partial charge in [-0.1, -0.05) is 11.6 Å². The van der Waals surface area contributed by atoms with Gasteiger partial charge in [-0.3, -0.25) is 4.79 Å². The molecule has 10 heteroatoms. The molecule has 0 aliphatic heterocycles. The number of anilines is 2. The van der Waals surface area contributed by atoms with Gasteiger partial charge < -0.3 is 14.6 Å². The molecule has 0 spiro atoms. The molecule has 0 aliphatic rings. The molecule has 1 heterocycles. The van der Waals surface area contributed by atoms with Crippen molar-refractivity contribution in [1.29, 1.82) is 0 Å². The van der Waals surface area contributed by atoms with Crippen molar-refractivity contribution in [3.8, 4) is 0 Å². The zero-order valence-electron chi connectivity index (χ0n) is 13.6. The van der Waals surface area contributed by atoms with Crippen LogP contribution in [0.3, 0.4) is 0 Å². The highest BCUT2D eigenvalue weighted by molar-refractivity contribution is 7.98. The summed E-state index contributed by atoms with van der Waals surface area (Å²) in [7, 11) is 1.60. The molecule has 136 valence electrons. The predicted octanol–water partition coefficient (Wildman–Crippen LogP) is 4.32. The Labute approximate surface area is 152 Å². The van der Waals surface area contributed by atoms with E-state index in [1.807, 2.05) is 13.8 Å². The third kappa shape index (κ3) is 4.62. The number of halogens is 4. The maximum atomic E-state index is 13.2. The standard InChI is InChI=1S/C15H16ClF3N4OS/c1-7(2)21-25-22-11-6-23(3)14(12(11)16)15(24)20-8-4-9(17)13(19)10(18)5-8/h4-7,21-22H,1-3H3,(H,20,24). The Morgan fingerprint density at radius 1 is 1.24 bits per heavy atom. The second-order valence-electron chi connectivity index (χ2n) is 5.50. The van der Waals surface area contributed by atoms with E-state index in [9.17, 15) is 18.0 Å². The van der Waals surface area contributed by atoms with Crippen LogP contribution in [0.15, 0.2) is 18.3 Å². The third-order valence-electron chi connectivity index (χ3n) is 3.03. The fourth-order valence-corrected chi connectivity index (χ4v) is 2.88. The topological polar surface area (TPSA) is 58.1 Å². The van der Waals surface area contributed by atoms with Crippen molar-refractivity contribution in [2.45, 2.75) is 19.9 Å². The van der Waals surface area contributed by atoms with Gasteiger partial charge >= 0.3 is 0 Å². The summed E-state index contributed by atoms with van der Waals surface area (Å²) >= 11 is 7.40. The van der Waals surface area contributed by atoms with E-state index in [1.54, 1.807) is 13.2 Å². The third-order valence-corrected chi connectivity index (χ3v) is 4.33. The first-order valence-corrected chi connectivity index (χ1v) is 8.38. The van der Waals surface area contributed by atoms with Crippen molar-refractivity contribution in [3.63, 3.8) is 0 Å². The van der Waals surface area contributed by atoms with E-state index in [2.05, 4.69) is 14.8 Å². The number of hydrogen-bond donors (Lipinski definition) is 3. The van der Waals surface area contributed by atoms with E-state index < -0.39 is 23.4 Å². The van der Waals surface area contributed by atoms with Crippen molar-refractivity contribution in [2.75, 3.05) is 10.0 Å². The molecule has 5 nitrogen and oxygen atoms in total. The molecule has 0 atom stereocenters. The number of rotatable bonds is 6. The van der Waals surface area contributed by atoms with Crippen molar-refractivity contribution < 1.29 is 18.0 Å². The highest BCUT2D eigenvalue weighted by Crippen LogP contribution is 2.30. The molecule has 1 aromatic heterocycles. The number of hydrogen-bond acceptors (Lipinski definition) is 4. The minimum atomic E-state index is -1.60. The minimum Gasteiger partial charge on any atom is -0.343 e. The summed E-state index contributed by atoms with van der Waals surface area (Å²) in [6.07, 6.45) is 1.60. The lowest BCUT2D eigenvalue weighted by molar-refractivity contribution is 0.101. The average Bonchev–Trinajstić information content (AvgIpc) is 2.78. The second-order valence-corrected chi connectivity index (χ2v) is 6.52. The molecule has 2 aromatic rings. The first-order chi connectivity index (χ1) is 11.7. The number of benzene rings is 1. The van der Waals surface area contributed by atoms with E-state index in [0.29, 0.717) is 17.8 Å². The van der Waals surface area contributed by atoms with Gasteiger partial charge in [-0.2, -0.15) is 0 Å². The first kappa shape index (κ1) is 19.5. The van der Waals surface area contributed by atoms with Crippen molar-refractivity contribution in [1.82, 2.24) is 9.29 Å². The Balaban J connectivity index is 2.18. The molecule has 1 aromatic carbocycles. The summed E-state index contributed by atoms with van der Waals surface area (Å²) < 4.78 is 46.9. The second kappa shape index (κ2) is 8.03. The molecule has 2 rings (SSSR count). The zero-order valence-corrected chi connectivity index (χ0v) is 15.2. The van der Waals surface area contributed by atoms with Gasteiger partial charge in [0.1, 0.15) is 5.69 Å². The summed E-state index contributed by atoms with van der Waals surface area (Å²) in [6, 6.07) is 1.61. The summed E-state index contributed by atoms with van der Waals surface area (Å²) in [5, 5.41) is 2.44. The van der Waals surface area contributed by atoms with Crippen LogP contribution in [-0.4, -0.2) is 16.5 Å². The summed E-state index contributed by atoms with van der Waals surface area (Å²) in [4.78, 5) is 12.4. The first-order valence-electron chi connectivity index (χ1n) is 7.18. The molecule has 0 saturated heterocycles. The van der Waals surface area contributed by atoms with Crippen LogP contribution in [0.25, 0.3) is 0 Å². The quantitative estimate of drug-likeness (QED) is 0.506. The maximum absolute atomic E-state index is 13.2. The Kier molecular flexibility index (Phi) is 6.26. The van der Waals surface area contributed by atoms with Crippen LogP contribution in [0.5, 0.6) is 0 Å². The number of carbonyl (C=O) groups is 1. The van der Waals surface area contributed by atoms with Crippen LogP contribution in [0.1, 0.15) is 24.3 Å². The molecule has 0 radical (unpaired) electrons. The number of nitrogens with one attached hydrogen (secondary N) is 3. The van der Waals surface area contributed by atoms with Crippen LogP contribution < -0.4 is 14.8 Å². The lowest BCUT2D eigenvalue weighted by Gasteiger charge is -2.08. The molecule has 0 unspecified atom stereocenters. The maximum Gasteiger partial charge on any atom is 0.273 e. The summed E-state index contributed by atoms with van der Waals surface area (Å²) in [6.45, 7) is 3.92. The predicted molar refractivity (Wildman–Crippen MR) is 94.2 cm³/mol. The van der Waals surface area contributed by atoms with Crippen LogP contribution in [0.2, 0.25) is 5.02 Å². The van der Waals surface area contributed by atoms with Gasteiger partial charge in [-0.15, -0.1) is 0 Å². The summed E-state index contributed by atoms with van der Waals surface area (Å²) in [5.74, 6) is -5.08. The largest absolute Gasteiger partial charge is 0.343 e. The van der Waals surface area contributed by atoms with Gasteiger partial charge in [0, 0.05) is 49.2 Å². The van der Waals surface area contributed by atoms with Gasteiger partial charge in [0.25, 0.3) is 5.91 Å². The highest BCUT2D eigenvalue weighted by Gasteiger charge is 2.20. The average molecular weight is 393 g/mol. The van der Waals surface area contributed by atoms with E-state index >= 15 is 0 Å². The highest BCUT2D eigenvalue weighted by atomic mass is 35.5. The van der Waals surface area contributed by atoms with E-state index in [0.717, 1.165) is 0 Å². The van der Waals surface area contributed by atoms with Crippen molar-refractivity contribution in [3.05, 3.63) is 46.5 Å². The molecule has 1 amide bonds. The van der Waals surface area contributed by atoms with Crippen LogP contribution in [-0.2, 0) is 7.05 Å². The molecule has 0 aliphatic carbocycles. The van der Waals surface area contributed by atoms with Crippen LogP contribution >= 0.6 is 23.7 Å². The fraction of sp³-hybridized carbons (Fsp3) is 0.267. The Morgan fingerprint density at radius 2 is 1.84 bits per heavy atom. The lowest BCUT2D eigenvalue weighted by Crippen LogP contribution is -2.16. The fourth-order valence-electron chi connectivity index (χ4n) is 1.95. The number of aryl methyl sites for hydroxylation is 1. The van der Waals surface area contributed by atoms with E-state index in [-0.39, 0.29) is 22.4 Å². The van der Waals surface area contributed by atoms with Crippen molar-refractivity contribution in [2.24, 2.45) is 7.05 Å². The minimum absolute atomic E-state index is 0.0828. The van der Waals surface area contributed by atoms with Crippen molar-refractivity contribution >= 4 is 41.0 Å². The van der Waals surface area contributed by atoms with Gasteiger partial charge in [0.15, 0.2) is 17.5 Å². The monoisotopic (exact) mass is 392 g/mol. The zero-order chi connectivity index (χ0) is 18.7. The Hall–Kier alpha value is -1.84. The van der Waals surface area contributed by atoms with Gasteiger partial charge in [0.2, 0.25) is 0 Å². The molecular weight excluding hydrogens is 377 g/mol. The SMILES string of the molecule is CC(C)NSNc1cn(C)c(C(=O)Nc2cc(F)c(F)c(F)c2)c1Cl. The van der Waals surface area contributed by atoms with Gasteiger partial charge in [0.05, 0.1) is 10.7 Å². The van der Waals surface area contributed by atoms with Crippen LogP contribution in [0.4, 0.5) is 24.5 Å². The number of nitrogens with zero attached hydrogens (tertiary/aromatic N) is 1. The van der Waals surface area contributed by atoms with Gasteiger partial charge in [-0.25, -0.2) is 17.9 Å². The van der Waals surface area contributed by atoms with Gasteiger partial charge in [-0.05, 0) is 13.8 Å². The molecule has 25 heavy (non-hydrogen) atoms. The van der Waals surface area contributed by atoms with E-state index in [1.165, 1.54) is 16.7 Å². The Morgan fingerprint density at radius 3 is 2.40 bits per heavy atom. The smallest absolute Gasteiger partial charge is 0.273 e. The molecule has 0 bridgehead atoms. The molecular formula is C15H16ClF3N4OS. The summed E-state index contributed by atoms with van der Waals surface area (Å²) in [5.41, 5.74) is 0.354. The Bertz CT molecular complexity index is 774. The van der Waals surface area contributed by atoms with E-state index in [4.69, 9.17) is 11.6 Å². The molecule has 3 N–H and O–H groups in total. The molecule has 0 fully saturated rings. The lowest BCUT2D eigenvalue weighted by atomic mass is 10.2. The van der Waals surface area contributed by atoms with Crippen LogP contribution in [0, 0.1) is 17.5 Å². The number of aromatic nitrogens is 1. The number of carbonyl (C=O) groups excluding carboxylic acids is 1. The number of amides is 1. The normalized spacial score (nSPS) is 11.0. The molecule has 0 saturated carbocycles.